The number of hydrogen-bond acceptors (Lipinski definition) is 3. The van der Waals surface area contributed by atoms with Crippen molar-refractivity contribution in [2.45, 2.75) is 58.9 Å². The summed E-state index contributed by atoms with van der Waals surface area (Å²) in [5.41, 5.74) is 3.73. The molecule has 3 rings (SSSR count). The largest absolute Gasteiger partial charge is 0.478 e. The Kier molecular flexibility index (Phi) is 7.37. The first-order valence-electron chi connectivity index (χ1n) is 11.2. The Morgan fingerprint density at radius 3 is 2.48 bits per heavy atom. The number of carbonyl (C=O) groups excluding carboxylic acids is 1. The number of carbonyl (C=O) groups is 2. The van der Waals surface area contributed by atoms with Gasteiger partial charge in [-0.15, -0.1) is 0 Å². The summed E-state index contributed by atoms with van der Waals surface area (Å²) >= 11 is 0. The number of carboxylic acids is 1. The molecule has 1 amide bonds. The van der Waals surface area contributed by atoms with Gasteiger partial charge in [0.1, 0.15) is 0 Å². The van der Waals surface area contributed by atoms with Crippen LogP contribution in [0.1, 0.15) is 74.0 Å². The van der Waals surface area contributed by atoms with E-state index in [1.54, 1.807) is 24.3 Å². The molecule has 2 aromatic carbocycles. The zero-order chi connectivity index (χ0) is 22.4. The third-order valence-corrected chi connectivity index (χ3v) is 6.03. The summed E-state index contributed by atoms with van der Waals surface area (Å²) in [4.78, 5) is 26.3. The molecule has 1 aliphatic heterocycles. The molecule has 0 radical (unpaired) electrons. The van der Waals surface area contributed by atoms with E-state index in [0.717, 1.165) is 31.5 Å². The molecule has 0 aromatic heterocycles. The first kappa shape index (κ1) is 22.9. The number of anilines is 1. The summed E-state index contributed by atoms with van der Waals surface area (Å²) in [6, 6.07) is 14.9. The summed E-state index contributed by atoms with van der Waals surface area (Å²) in [5, 5.41) is 12.3. The molecular formula is C26H34N2O3. The van der Waals surface area contributed by atoms with Crippen molar-refractivity contribution in [3.63, 3.8) is 0 Å². The van der Waals surface area contributed by atoms with Crippen molar-refractivity contribution < 1.29 is 14.7 Å². The SMILES string of the molecule is CCCC(NC(=O)Cc1ccc(C(=O)O)cc1)c1ccccc1N1CCCC(C)(C)C1. The Hall–Kier alpha value is -2.82. The van der Waals surface area contributed by atoms with Gasteiger partial charge < -0.3 is 15.3 Å². The predicted octanol–water partition coefficient (Wildman–Crippen LogP) is 5.21. The monoisotopic (exact) mass is 422 g/mol. The van der Waals surface area contributed by atoms with Gasteiger partial charge in [0, 0.05) is 18.8 Å². The van der Waals surface area contributed by atoms with E-state index in [1.165, 1.54) is 24.1 Å². The molecule has 2 aromatic rings. The van der Waals surface area contributed by atoms with Gasteiger partial charge in [-0.3, -0.25) is 4.79 Å². The zero-order valence-corrected chi connectivity index (χ0v) is 18.9. The van der Waals surface area contributed by atoms with Crippen LogP contribution in [0.4, 0.5) is 5.69 Å². The number of para-hydroxylation sites is 1. The third kappa shape index (κ3) is 6.09. The Morgan fingerprint density at radius 1 is 1.13 bits per heavy atom. The molecule has 1 heterocycles. The van der Waals surface area contributed by atoms with Crippen LogP contribution in [0.2, 0.25) is 0 Å². The zero-order valence-electron chi connectivity index (χ0n) is 18.9. The molecule has 1 unspecified atom stereocenters. The Balaban J connectivity index is 1.76. The Morgan fingerprint density at radius 2 is 1.84 bits per heavy atom. The van der Waals surface area contributed by atoms with Crippen molar-refractivity contribution in [2.75, 3.05) is 18.0 Å². The van der Waals surface area contributed by atoms with Crippen molar-refractivity contribution in [3.8, 4) is 0 Å². The second-order valence-corrected chi connectivity index (χ2v) is 9.34. The molecule has 1 aliphatic rings. The number of piperidine rings is 1. The van der Waals surface area contributed by atoms with Gasteiger partial charge in [0.15, 0.2) is 0 Å². The minimum absolute atomic E-state index is 0.0444. The maximum absolute atomic E-state index is 12.8. The summed E-state index contributed by atoms with van der Waals surface area (Å²) in [7, 11) is 0. The van der Waals surface area contributed by atoms with E-state index in [9.17, 15) is 9.59 Å². The van der Waals surface area contributed by atoms with E-state index < -0.39 is 5.97 Å². The second-order valence-electron chi connectivity index (χ2n) is 9.34. The highest BCUT2D eigenvalue weighted by Crippen LogP contribution is 2.35. The van der Waals surface area contributed by atoms with Crippen LogP contribution < -0.4 is 10.2 Å². The third-order valence-electron chi connectivity index (χ3n) is 6.03. The number of amides is 1. The number of nitrogens with one attached hydrogen (secondary N) is 1. The van der Waals surface area contributed by atoms with Gasteiger partial charge in [-0.1, -0.05) is 57.5 Å². The maximum Gasteiger partial charge on any atom is 0.335 e. The van der Waals surface area contributed by atoms with E-state index >= 15 is 0 Å². The molecule has 31 heavy (non-hydrogen) atoms. The fourth-order valence-corrected chi connectivity index (χ4v) is 4.49. The summed E-state index contributed by atoms with van der Waals surface area (Å²) in [6.45, 7) is 8.84. The molecular weight excluding hydrogens is 388 g/mol. The molecule has 1 atom stereocenters. The number of nitrogens with zero attached hydrogens (tertiary/aromatic N) is 1. The molecule has 1 saturated heterocycles. The number of carboxylic acid groups (broad SMARTS) is 1. The Bertz CT molecular complexity index is 905. The second kappa shape index (κ2) is 9.99. The van der Waals surface area contributed by atoms with E-state index in [4.69, 9.17) is 5.11 Å². The van der Waals surface area contributed by atoms with Gasteiger partial charge in [-0.25, -0.2) is 4.79 Å². The number of benzene rings is 2. The van der Waals surface area contributed by atoms with Gasteiger partial charge in [0.25, 0.3) is 0 Å². The lowest BCUT2D eigenvalue weighted by atomic mass is 9.83. The van der Waals surface area contributed by atoms with Gasteiger partial charge >= 0.3 is 5.97 Å². The Labute approximate surface area is 185 Å². The fourth-order valence-electron chi connectivity index (χ4n) is 4.49. The number of aromatic carboxylic acids is 1. The van der Waals surface area contributed by atoms with Crippen LogP contribution in [-0.2, 0) is 11.2 Å². The number of rotatable bonds is 8. The van der Waals surface area contributed by atoms with Crippen LogP contribution in [0.15, 0.2) is 48.5 Å². The highest BCUT2D eigenvalue weighted by molar-refractivity contribution is 5.87. The summed E-state index contributed by atoms with van der Waals surface area (Å²) in [5.74, 6) is -1.01. The molecule has 0 saturated carbocycles. The van der Waals surface area contributed by atoms with Gasteiger partial charge in [-0.05, 0) is 54.0 Å². The van der Waals surface area contributed by atoms with Crippen LogP contribution in [0.25, 0.3) is 0 Å². The molecule has 0 bridgehead atoms. The molecule has 2 N–H and O–H groups in total. The van der Waals surface area contributed by atoms with Gasteiger partial charge in [-0.2, -0.15) is 0 Å². The lowest BCUT2D eigenvalue weighted by Gasteiger charge is -2.41. The van der Waals surface area contributed by atoms with Crippen LogP contribution in [0.5, 0.6) is 0 Å². The van der Waals surface area contributed by atoms with Crippen molar-refractivity contribution in [3.05, 3.63) is 65.2 Å². The van der Waals surface area contributed by atoms with Crippen molar-refractivity contribution in [1.82, 2.24) is 5.32 Å². The first-order chi connectivity index (χ1) is 14.8. The summed E-state index contributed by atoms with van der Waals surface area (Å²) < 4.78 is 0. The molecule has 166 valence electrons. The fraction of sp³-hybridized carbons (Fsp3) is 0.462. The van der Waals surface area contributed by atoms with E-state index in [1.807, 2.05) is 6.07 Å². The normalized spacial score (nSPS) is 16.5. The molecule has 5 heteroatoms. The van der Waals surface area contributed by atoms with Crippen LogP contribution >= 0.6 is 0 Å². The molecule has 1 fully saturated rings. The maximum atomic E-state index is 12.8. The van der Waals surface area contributed by atoms with E-state index in [2.05, 4.69) is 49.2 Å². The first-order valence-corrected chi connectivity index (χ1v) is 11.2. The average Bonchev–Trinajstić information content (AvgIpc) is 2.73. The van der Waals surface area contributed by atoms with E-state index in [0.29, 0.717) is 0 Å². The van der Waals surface area contributed by atoms with Crippen LogP contribution in [-0.4, -0.2) is 30.1 Å². The minimum Gasteiger partial charge on any atom is -0.478 e. The molecule has 0 spiro atoms. The highest BCUT2D eigenvalue weighted by atomic mass is 16.4. The summed E-state index contributed by atoms with van der Waals surface area (Å²) in [6.07, 6.45) is 4.50. The van der Waals surface area contributed by atoms with Crippen LogP contribution in [0, 0.1) is 5.41 Å². The van der Waals surface area contributed by atoms with Crippen molar-refractivity contribution in [1.29, 1.82) is 0 Å². The van der Waals surface area contributed by atoms with Gasteiger partial charge in [0.2, 0.25) is 5.91 Å². The average molecular weight is 423 g/mol. The topological polar surface area (TPSA) is 69.6 Å². The smallest absolute Gasteiger partial charge is 0.335 e. The van der Waals surface area contributed by atoms with E-state index in [-0.39, 0.29) is 29.3 Å². The lowest BCUT2D eigenvalue weighted by Crippen LogP contribution is -2.41. The minimum atomic E-state index is -0.962. The van der Waals surface area contributed by atoms with Crippen LogP contribution in [0.3, 0.4) is 0 Å². The lowest BCUT2D eigenvalue weighted by molar-refractivity contribution is -0.121. The quantitative estimate of drug-likeness (QED) is 0.613. The molecule has 0 aliphatic carbocycles. The van der Waals surface area contributed by atoms with Crippen molar-refractivity contribution in [2.24, 2.45) is 5.41 Å². The van der Waals surface area contributed by atoms with Gasteiger partial charge in [0.05, 0.1) is 18.0 Å². The highest BCUT2D eigenvalue weighted by Gasteiger charge is 2.28. The molecule has 5 nitrogen and oxygen atoms in total. The number of hydrogen-bond donors (Lipinski definition) is 2. The van der Waals surface area contributed by atoms with Crippen molar-refractivity contribution >= 4 is 17.6 Å². The standard InChI is InChI=1S/C26H34N2O3/c1-4-8-22(27-24(29)17-19-11-13-20(14-12-19)25(30)31)21-9-5-6-10-23(21)28-16-7-15-26(2,3)18-28/h5-6,9-14,22H,4,7-8,15-18H2,1-3H3,(H,27,29)(H,30,31). The predicted molar refractivity (Wildman–Crippen MR) is 125 cm³/mol.